The summed E-state index contributed by atoms with van der Waals surface area (Å²) in [6, 6.07) is 9.34. The first-order valence-electron chi connectivity index (χ1n) is 10.0. The van der Waals surface area contributed by atoms with Gasteiger partial charge >= 0.3 is 0 Å². The van der Waals surface area contributed by atoms with Gasteiger partial charge in [-0.25, -0.2) is 4.39 Å². The SMILES string of the molecule is CN1C2CCC1[C@H](F)[C@H](N(C)c1ccc(-c3cc4cnccc4cc3O)nn1)C2. The molecular formula is C22H24FN5O. The molecule has 2 saturated heterocycles. The highest BCUT2D eigenvalue weighted by Crippen LogP contribution is 2.39. The summed E-state index contributed by atoms with van der Waals surface area (Å²) in [4.78, 5) is 8.25. The average molecular weight is 393 g/mol. The van der Waals surface area contributed by atoms with E-state index in [1.54, 1.807) is 18.5 Å². The van der Waals surface area contributed by atoms with Crippen molar-refractivity contribution in [2.45, 2.75) is 43.6 Å². The van der Waals surface area contributed by atoms with Crippen molar-refractivity contribution in [3.8, 4) is 17.0 Å². The van der Waals surface area contributed by atoms with Crippen LogP contribution in [0.5, 0.6) is 5.75 Å². The molecule has 1 aromatic carbocycles. The molecule has 7 heteroatoms. The van der Waals surface area contributed by atoms with Gasteiger partial charge in [0.25, 0.3) is 0 Å². The zero-order valence-corrected chi connectivity index (χ0v) is 16.5. The van der Waals surface area contributed by atoms with E-state index < -0.39 is 6.17 Å². The number of phenolic OH excluding ortho intramolecular Hbond substituents is 1. The summed E-state index contributed by atoms with van der Waals surface area (Å²) < 4.78 is 15.1. The summed E-state index contributed by atoms with van der Waals surface area (Å²) in [5.74, 6) is 0.794. The molecule has 2 aliphatic rings. The minimum Gasteiger partial charge on any atom is -0.507 e. The van der Waals surface area contributed by atoms with Gasteiger partial charge in [0.1, 0.15) is 11.9 Å². The molecule has 0 radical (unpaired) electrons. The van der Waals surface area contributed by atoms with Crippen molar-refractivity contribution in [1.29, 1.82) is 0 Å². The van der Waals surface area contributed by atoms with Crippen LogP contribution in [0.15, 0.2) is 42.7 Å². The first kappa shape index (κ1) is 18.2. The van der Waals surface area contributed by atoms with Crippen LogP contribution in [0.4, 0.5) is 10.2 Å². The van der Waals surface area contributed by atoms with Crippen LogP contribution in [0.25, 0.3) is 22.0 Å². The molecule has 150 valence electrons. The summed E-state index contributed by atoms with van der Waals surface area (Å²) in [6.45, 7) is 0. The number of halogens is 1. The second-order valence-electron chi connectivity index (χ2n) is 8.19. The number of alkyl halides is 1. The summed E-state index contributed by atoms with van der Waals surface area (Å²) in [5, 5.41) is 20.9. The van der Waals surface area contributed by atoms with E-state index in [0.29, 0.717) is 23.1 Å². The fraction of sp³-hybridized carbons (Fsp3) is 0.409. The number of rotatable bonds is 3. The van der Waals surface area contributed by atoms with Crippen LogP contribution in [-0.2, 0) is 0 Å². The van der Waals surface area contributed by atoms with Gasteiger partial charge in [-0.1, -0.05) is 0 Å². The maximum atomic E-state index is 15.1. The number of aromatic nitrogens is 3. The van der Waals surface area contributed by atoms with Crippen LogP contribution in [0, 0.1) is 0 Å². The van der Waals surface area contributed by atoms with Gasteiger partial charge in [-0.15, -0.1) is 10.2 Å². The highest BCUT2D eigenvalue weighted by Gasteiger charge is 2.47. The second kappa shape index (κ2) is 6.91. The van der Waals surface area contributed by atoms with Gasteiger partial charge in [0.15, 0.2) is 5.82 Å². The Labute approximate surface area is 169 Å². The minimum atomic E-state index is -0.901. The smallest absolute Gasteiger partial charge is 0.151 e. The van der Waals surface area contributed by atoms with Gasteiger partial charge in [0, 0.05) is 42.5 Å². The normalized spacial score (nSPS) is 26.7. The first-order valence-corrected chi connectivity index (χ1v) is 10.0. The number of aromatic hydroxyl groups is 1. The number of benzene rings is 1. The predicted octanol–water partition coefficient (Wildman–Crippen LogP) is 3.41. The van der Waals surface area contributed by atoms with E-state index in [2.05, 4.69) is 20.1 Å². The van der Waals surface area contributed by atoms with Crippen molar-refractivity contribution in [3.05, 3.63) is 42.7 Å². The van der Waals surface area contributed by atoms with E-state index in [-0.39, 0.29) is 17.8 Å². The fourth-order valence-electron chi connectivity index (χ4n) is 4.90. The molecule has 2 fully saturated rings. The van der Waals surface area contributed by atoms with E-state index in [0.717, 1.165) is 30.0 Å². The molecule has 1 N–H and O–H groups in total. The molecule has 6 nitrogen and oxygen atoms in total. The number of nitrogens with zero attached hydrogens (tertiary/aromatic N) is 5. The van der Waals surface area contributed by atoms with Gasteiger partial charge < -0.3 is 10.0 Å². The van der Waals surface area contributed by atoms with Gasteiger partial charge in [-0.05, 0) is 62.0 Å². The van der Waals surface area contributed by atoms with Crippen molar-refractivity contribution in [2.24, 2.45) is 0 Å². The van der Waals surface area contributed by atoms with Gasteiger partial charge in [-0.2, -0.15) is 0 Å². The molecule has 0 saturated carbocycles. The topological polar surface area (TPSA) is 65.4 Å². The zero-order chi connectivity index (χ0) is 20.1. The quantitative estimate of drug-likeness (QED) is 0.736. The maximum Gasteiger partial charge on any atom is 0.151 e. The Morgan fingerprint density at radius 3 is 2.79 bits per heavy atom. The summed E-state index contributed by atoms with van der Waals surface area (Å²) in [5.41, 5.74) is 1.18. The van der Waals surface area contributed by atoms with Crippen LogP contribution >= 0.6 is 0 Å². The van der Waals surface area contributed by atoms with E-state index in [1.165, 1.54) is 0 Å². The lowest BCUT2D eigenvalue weighted by molar-refractivity contribution is 0.0701. The van der Waals surface area contributed by atoms with E-state index in [4.69, 9.17) is 0 Å². The largest absolute Gasteiger partial charge is 0.507 e. The molecule has 4 heterocycles. The standard InChI is InChI=1S/C22H24FN5O/c1-27-15-3-5-18(27)22(23)19(11-15)28(2)21-6-4-17(25-26-21)16-9-14-12-24-8-7-13(14)10-20(16)29/h4,6-10,12,15,18-19,22,29H,3,5,11H2,1-2H3/t15?,18?,19-,22+/m1/s1. The molecule has 2 unspecified atom stereocenters. The molecular weight excluding hydrogens is 369 g/mol. The van der Waals surface area contributed by atoms with Crippen molar-refractivity contribution >= 4 is 16.6 Å². The lowest BCUT2D eigenvalue weighted by Crippen LogP contribution is -2.56. The number of hydrogen-bond acceptors (Lipinski definition) is 6. The predicted molar refractivity (Wildman–Crippen MR) is 111 cm³/mol. The maximum absolute atomic E-state index is 15.1. The van der Waals surface area contributed by atoms with Crippen LogP contribution < -0.4 is 4.90 Å². The Morgan fingerprint density at radius 1 is 1.14 bits per heavy atom. The summed E-state index contributed by atoms with van der Waals surface area (Å²) in [7, 11) is 3.93. The monoisotopic (exact) mass is 393 g/mol. The molecule has 2 aliphatic heterocycles. The lowest BCUT2D eigenvalue weighted by Gasteiger charge is -2.43. The molecule has 3 aromatic rings. The van der Waals surface area contributed by atoms with Crippen LogP contribution in [-0.4, -0.2) is 63.6 Å². The molecule has 29 heavy (non-hydrogen) atoms. The third kappa shape index (κ3) is 3.00. The van der Waals surface area contributed by atoms with Gasteiger partial charge in [0.2, 0.25) is 0 Å². The molecule has 5 rings (SSSR count). The summed E-state index contributed by atoms with van der Waals surface area (Å²) >= 11 is 0. The molecule has 4 atom stereocenters. The Hall–Kier alpha value is -2.80. The van der Waals surface area contributed by atoms with Gasteiger partial charge in [-0.3, -0.25) is 9.88 Å². The molecule has 0 spiro atoms. The van der Waals surface area contributed by atoms with Crippen LogP contribution in [0.2, 0.25) is 0 Å². The second-order valence-corrected chi connectivity index (χ2v) is 8.19. The van der Waals surface area contributed by atoms with Crippen molar-refractivity contribution in [1.82, 2.24) is 20.1 Å². The number of hydrogen-bond donors (Lipinski definition) is 1. The summed E-state index contributed by atoms with van der Waals surface area (Å²) in [6.07, 6.45) is 5.33. The van der Waals surface area contributed by atoms with E-state index in [1.807, 2.05) is 43.3 Å². The average Bonchev–Trinajstić information content (AvgIpc) is 3.00. The van der Waals surface area contributed by atoms with Crippen molar-refractivity contribution in [3.63, 3.8) is 0 Å². The minimum absolute atomic E-state index is 0.00316. The molecule has 0 aliphatic carbocycles. The van der Waals surface area contributed by atoms with Crippen LogP contribution in [0.3, 0.4) is 0 Å². The highest BCUT2D eigenvalue weighted by molar-refractivity contribution is 5.89. The Balaban J connectivity index is 1.41. The molecule has 2 aromatic heterocycles. The third-order valence-corrected chi connectivity index (χ3v) is 6.68. The Bertz CT molecular complexity index is 1040. The lowest BCUT2D eigenvalue weighted by atomic mass is 9.95. The van der Waals surface area contributed by atoms with Crippen molar-refractivity contribution < 1.29 is 9.50 Å². The third-order valence-electron chi connectivity index (χ3n) is 6.68. The van der Waals surface area contributed by atoms with Gasteiger partial charge in [0.05, 0.1) is 11.7 Å². The number of phenols is 1. The number of anilines is 1. The number of pyridine rings is 1. The highest BCUT2D eigenvalue weighted by atomic mass is 19.1. The van der Waals surface area contributed by atoms with Crippen LogP contribution in [0.1, 0.15) is 19.3 Å². The zero-order valence-electron chi connectivity index (χ0n) is 16.5. The number of fused-ring (bicyclic) bond motifs is 3. The first-order chi connectivity index (χ1) is 14.0. The Morgan fingerprint density at radius 2 is 2.00 bits per heavy atom. The van der Waals surface area contributed by atoms with E-state index in [9.17, 15) is 5.11 Å². The number of piperidine rings is 1. The van der Waals surface area contributed by atoms with Crippen molar-refractivity contribution in [2.75, 3.05) is 19.0 Å². The Kier molecular flexibility index (Phi) is 4.35. The molecule has 2 bridgehead atoms. The van der Waals surface area contributed by atoms with E-state index >= 15 is 4.39 Å². The fourth-order valence-corrected chi connectivity index (χ4v) is 4.90. The molecule has 0 amide bonds.